The number of halogens is 2. The number of rotatable bonds is 8. The molecule has 1 atom stereocenters. The van der Waals surface area contributed by atoms with Crippen molar-refractivity contribution < 1.29 is 18.7 Å². The molecule has 3 aromatic rings. The molecule has 0 saturated heterocycles. The molecular formula is C31H35Cl2N3O4SSi. The number of fused-ring (bicyclic) bond motifs is 1. The van der Waals surface area contributed by atoms with Crippen LogP contribution in [-0.2, 0) is 14.6 Å². The fourth-order valence-electron chi connectivity index (χ4n) is 5.17. The van der Waals surface area contributed by atoms with E-state index < -0.39 is 13.7 Å². The van der Waals surface area contributed by atoms with Crippen LogP contribution < -0.4 is 14.8 Å². The number of benzene rings is 2. The molecule has 1 fully saturated rings. The largest absolute Gasteiger partial charge is 0.545 e. The van der Waals surface area contributed by atoms with Crippen molar-refractivity contribution in [3.8, 4) is 11.5 Å². The van der Waals surface area contributed by atoms with Crippen LogP contribution in [0, 0.1) is 0 Å². The second-order valence-corrected chi connectivity index (χ2v) is 19.3. The Morgan fingerprint density at radius 2 is 1.88 bits per heavy atom. The average Bonchev–Trinajstić information content (AvgIpc) is 3.22. The second-order valence-electron chi connectivity index (χ2n) is 12.7. The van der Waals surface area contributed by atoms with Crippen LogP contribution in [0.3, 0.4) is 0 Å². The highest BCUT2D eigenvalue weighted by molar-refractivity contribution is 7.15. The Hall–Kier alpha value is -2.72. The lowest BCUT2D eigenvalue weighted by Gasteiger charge is -2.36. The van der Waals surface area contributed by atoms with Crippen LogP contribution in [0.5, 0.6) is 11.5 Å². The van der Waals surface area contributed by atoms with E-state index in [1.807, 2.05) is 42.6 Å². The molecule has 1 aliphatic carbocycles. The highest BCUT2D eigenvalue weighted by atomic mass is 35.5. The van der Waals surface area contributed by atoms with E-state index in [0.717, 1.165) is 47.6 Å². The molecule has 42 heavy (non-hydrogen) atoms. The zero-order valence-corrected chi connectivity index (χ0v) is 27.8. The van der Waals surface area contributed by atoms with Gasteiger partial charge in [0.2, 0.25) is 21.0 Å². The highest BCUT2D eigenvalue weighted by Crippen LogP contribution is 2.51. The molecule has 2 aromatic carbocycles. The van der Waals surface area contributed by atoms with Gasteiger partial charge in [-0.3, -0.25) is 4.79 Å². The maximum Gasteiger partial charge on any atom is 0.250 e. The van der Waals surface area contributed by atoms with E-state index >= 15 is 0 Å². The summed E-state index contributed by atoms with van der Waals surface area (Å²) in [4.78, 5) is 21.5. The van der Waals surface area contributed by atoms with Crippen molar-refractivity contribution in [2.45, 2.75) is 69.6 Å². The van der Waals surface area contributed by atoms with Crippen LogP contribution in [-0.4, -0.2) is 37.4 Å². The second kappa shape index (κ2) is 10.8. The zero-order valence-electron chi connectivity index (χ0n) is 24.4. The number of thiazole rings is 1. The van der Waals surface area contributed by atoms with E-state index in [9.17, 15) is 4.79 Å². The van der Waals surface area contributed by atoms with Crippen molar-refractivity contribution in [2.75, 3.05) is 18.7 Å². The summed E-state index contributed by atoms with van der Waals surface area (Å²) in [6.45, 7) is 12.3. The van der Waals surface area contributed by atoms with Gasteiger partial charge < -0.3 is 24.1 Å². The molecular weight excluding hydrogens is 609 g/mol. The van der Waals surface area contributed by atoms with Gasteiger partial charge in [0.15, 0.2) is 16.6 Å². The molecule has 0 radical (unpaired) electrons. The maximum atomic E-state index is 13.6. The average molecular weight is 645 g/mol. The van der Waals surface area contributed by atoms with Gasteiger partial charge in [-0.15, -0.1) is 0 Å². The Balaban J connectivity index is 1.25. The fraction of sp³-hybridized carbons (Fsp3) is 0.419. The Morgan fingerprint density at radius 1 is 1.12 bits per heavy atom. The Kier molecular flexibility index (Phi) is 7.53. The SMILES string of the molecule is CC(C)(C)[Si](C)(C)OC1=CN([C@@H](c2ccc(Cl)c(Cl)c2)c2cnc(NC(=O)C3(c4ccc5c(c4)OCO5)CC3)s2)CC1. The molecule has 0 spiro atoms. The third kappa shape index (κ3) is 5.52. The molecule has 1 N–H and O–H groups in total. The van der Waals surface area contributed by atoms with Gasteiger partial charge in [-0.05, 0) is 66.4 Å². The van der Waals surface area contributed by atoms with Crippen molar-refractivity contribution in [3.05, 3.63) is 80.6 Å². The smallest absolute Gasteiger partial charge is 0.250 e. The molecule has 0 unspecified atom stereocenters. The molecule has 11 heteroatoms. The number of hydrogen-bond acceptors (Lipinski definition) is 7. The molecule has 0 bridgehead atoms. The van der Waals surface area contributed by atoms with E-state index in [1.54, 1.807) is 0 Å². The minimum absolute atomic E-state index is 0.0560. The third-order valence-electron chi connectivity index (χ3n) is 8.83. The quantitative estimate of drug-likeness (QED) is 0.248. The molecule has 3 aliphatic rings. The third-order valence-corrected chi connectivity index (χ3v) is 14.9. The summed E-state index contributed by atoms with van der Waals surface area (Å²) < 4.78 is 17.6. The number of amides is 1. The van der Waals surface area contributed by atoms with Crippen LogP contribution in [0.2, 0.25) is 28.2 Å². The lowest BCUT2D eigenvalue weighted by atomic mass is 9.94. The lowest BCUT2D eigenvalue weighted by Crippen LogP contribution is -2.40. The van der Waals surface area contributed by atoms with Gasteiger partial charge in [-0.1, -0.05) is 67.4 Å². The van der Waals surface area contributed by atoms with Crippen molar-refractivity contribution in [1.82, 2.24) is 9.88 Å². The first-order valence-electron chi connectivity index (χ1n) is 14.1. The fourth-order valence-corrected chi connectivity index (χ4v) is 7.55. The van der Waals surface area contributed by atoms with E-state index in [0.29, 0.717) is 26.7 Å². The van der Waals surface area contributed by atoms with Gasteiger partial charge >= 0.3 is 0 Å². The summed E-state index contributed by atoms with van der Waals surface area (Å²) in [6, 6.07) is 11.3. The maximum absolute atomic E-state index is 13.6. The van der Waals surface area contributed by atoms with Crippen molar-refractivity contribution in [2.24, 2.45) is 0 Å². The number of nitrogens with zero attached hydrogens (tertiary/aromatic N) is 2. The van der Waals surface area contributed by atoms with Gasteiger partial charge in [0.05, 0.1) is 32.1 Å². The van der Waals surface area contributed by atoms with E-state index in [2.05, 4.69) is 55.3 Å². The lowest BCUT2D eigenvalue weighted by molar-refractivity contribution is -0.118. The summed E-state index contributed by atoms with van der Waals surface area (Å²) in [6.07, 6.45) is 6.35. The highest BCUT2D eigenvalue weighted by Gasteiger charge is 2.52. The van der Waals surface area contributed by atoms with Crippen molar-refractivity contribution in [1.29, 1.82) is 0 Å². The Labute approximate surface area is 261 Å². The standard InChI is InChI=1S/C31H35Cl2N3O4SSi/c1-30(2,3)42(4,5)40-21-10-13-36(17-21)27(19-6-8-22(32)23(33)14-19)26-16-34-29(41-26)35-28(37)31(11-12-31)20-7-9-24-25(15-20)39-18-38-24/h6-9,14-17,27H,10-13,18H2,1-5H3,(H,34,35,37)/t27-/m0/s1. The zero-order chi connectivity index (χ0) is 29.9. The number of aromatic nitrogens is 1. The summed E-state index contributed by atoms with van der Waals surface area (Å²) in [7, 11) is -1.98. The van der Waals surface area contributed by atoms with Gasteiger partial charge in [0.1, 0.15) is 0 Å². The Morgan fingerprint density at radius 3 is 2.60 bits per heavy atom. The van der Waals surface area contributed by atoms with E-state index in [1.165, 1.54) is 11.3 Å². The summed E-state index contributed by atoms with van der Waals surface area (Å²) in [5, 5.41) is 4.78. The van der Waals surface area contributed by atoms with Crippen LogP contribution in [0.25, 0.3) is 0 Å². The first kappa shape index (κ1) is 29.4. The monoisotopic (exact) mass is 643 g/mol. The molecule has 3 heterocycles. The Bertz CT molecular complexity index is 1560. The molecule has 6 rings (SSSR count). The van der Waals surface area contributed by atoms with Gasteiger partial charge in [-0.2, -0.15) is 0 Å². The minimum atomic E-state index is -1.98. The number of carbonyl (C=O) groups is 1. The molecule has 1 amide bonds. The number of ether oxygens (including phenoxy) is 2. The van der Waals surface area contributed by atoms with Gasteiger partial charge in [0.25, 0.3) is 0 Å². The van der Waals surface area contributed by atoms with Crippen LogP contribution in [0.15, 0.2) is 54.6 Å². The molecule has 1 saturated carbocycles. The summed E-state index contributed by atoms with van der Waals surface area (Å²) >= 11 is 14.2. The number of nitrogens with one attached hydrogen (secondary N) is 1. The van der Waals surface area contributed by atoms with E-state index in [-0.39, 0.29) is 23.8 Å². The van der Waals surface area contributed by atoms with Crippen LogP contribution in [0.1, 0.15) is 62.1 Å². The summed E-state index contributed by atoms with van der Waals surface area (Å²) in [5.41, 5.74) is 1.35. The number of anilines is 1. The van der Waals surface area contributed by atoms with Crippen LogP contribution >= 0.6 is 34.5 Å². The predicted molar refractivity (Wildman–Crippen MR) is 170 cm³/mol. The first-order chi connectivity index (χ1) is 19.9. The normalized spacial score (nSPS) is 18.1. The van der Waals surface area contributed by atoms with Crippen molar-refractivity contribution in [3.63, 3.8) is 0 Å². The number of hydrogen-bond donors (Lipinski definition) is 1. The molecule has 222 valence electrons. The van der Waals surface area contributed by atoms with E-state index in [4.69, 9.17) is 37.1 Å². The van der Waals surface area contributed by atoms with Gasteiger partial charge in [0, 0.05) is 25.4 Å². The molecule has 7 nitrogen and oxygen atoms in total. The molecule has 1 aromatic heterocycles. The number of carbonyl (C=O) groups excluding carboxylic acids is 1. The first-order valence-corrected chi connectivity index (χ1v) is 18.6. The topological polar surface area (TPSA) is 72.9 Å². The van der Waals surface area contributed by atoms with Crippen molar-refractivity contribution >= 4 is 53.9 Å². The summed E-state index contributed by atoms with van der Waals surface area (Å²) in [5.74, 6) is 2.34. The van der Waals surface area contributed by atoms with Gasteiger partial charge in [-0.25, -0.2) is 4.98 Å². The van der Waals surface area contributed by atoms with Crippen LogP contribution in [0.4, 0.5) is 5.13 Å². The minimum Gasteiger partial charge on any atom is -0.545 e. The molecule has 2 aliphatic heterocycles. The predicted octanol–water partition coefficient (Wildman–Crippen LogP) is 8.51.